The third kappa shape index (κ3) is 7.75. The van der Waals surface area contributed by atoms with Gasteiger partial charge in [0.1, 0.15) is 27.0 Å². The zero-order valence-electron chi connectivity index (χ0n) is 22.3. The minimum atomic E-state index is -1.51. The molecule has 0 aliphatic carbocycles. The quantitative estimate of drug-likeness (QED) is 0.0450. The Morgan fingerprint density at radius 2 is 2.09 bits per heavy atom. The molecule has 5 heterocycles. The van der Waals surface area contributed by atoms with Crippen LogP contribution in [0.3, 0.4) is 0 Å². The van der Waals surface area contributed by atoms with Gasteiger partial charge in [-0.25, -0.2) is 4.98 Å². The van der Waals surface area contributed by atoms with Crippen LogP contribution in [-0.4, -0.2) is 75.8 Å². The number of nitrogens with one attached hydrogen (secondary N) is 1. The summed E-state index contributed by atoms with van der Waals surface area (Å²) in [4.78, 5) is 60.1. The number of carbonyl (C=O) groups is 3. The molecule has 2 unspecified atom stereocenters. The Kier molecular flexibility index (Phi) is 12.5. The van der Waals surface area contributed by atoms with E-state index in [9.17, 15) is 34.6 Å². The molecule has 214 valence electrons. The Labute approximate surface area is 302 Å². The molecule has 43 heavy (non-hydrogen) atoms. The number of nitrogens with zero attached hydrogens (tertiary/aromatic N) is 6. The second kappa shape index (κ2) is 15.2. The van der Waals surface area contributed by atoms with Crippen molar-refractivity contribution in [1.82, 2.24) is 29.5 Å². The van der Waals surface area contributed by atoms with Gasteiger partial charge in [-0.2, -0.15) is 4.73 Å². The van der Waals surface area contributed by atoms with Gasteiger partial charge in [-0.05, 0) is 22.9 Å². The van der Waals surface area contributed by atoms with Crippen LogP contribution in [0.4, 0.5) is 5.13 Å². The number of carboxylic acid groups (broad SMARTS) is 1. The van der Waals surface area contributed by atoms with Gasteiger partial charge >= 0.3 is 59.1 Å². The van der Waals surface area contributed by atoms with E-state index in [1.807, 2.05) is 0 Å². The molecule has 0 aromatic carbocycles. The van der Waals surface area contributed by atoms with Crippen molar-refractivity contribution in [3.05, 3.63) is 56.7 Å². The van der Waals surface area contributed by atoms with E-state index in [0.717, 1.165) is 38.0 Å². The molecule has 2 atom stereocenters. The first-order valence-electron chi connectivity index (χ1n) is 11.3. The molecule has 5 rings (SSSR count). The van der Waals surface area contributed by atoms with Gasteiger partial charge in [-0.1, -0.05) is 9.64 Å². The first kappa shape index (κ1) is 35.3. The molecule has 16 nitrogen and oxygen atoms in total. The standard InChI is InChI=1S/C21H18N8O8S4.2Na/c22-21-24-10(7-40-21)14(26-37-4-9-1-11(30)12(31)3-28(9)36)17(32)25-15-18(33)29-16(20(34)35)8(6-39-19(15)29)5-38-13-2-23-27-41-13;;/h1-3,7,15,19,31,36H,4-6H2,(H2,22,24)(H,25,32)(H,34,35);;/q;2*+1/p-2. The Morgan fingerprint density at radius 3 is 2.74 bits per heavy atom. The van der Waals surface area contributed by atoms with E-state index < -0.39 is 47.0 Å². The van der Waals surface area contributed by atoms with Crippen molar-refractivity contribution < 1.29 is 93.8 Å². The summed E-state index contributed by atoms with van der Waals surface area (Å²) in [5.41, 5.74) is 4.58. The molecule has 22 heteroatoms. The van der Waals surface area contributed by atoms with Crippen molar-refractivity contribution in [3.8, 4) is 5.75 Å². The fourth-order valence-electron chi connectivity index (χ4n) is 3.79. The molecule has 1 fully saturated rings. The number of carboxylic acids is 1. The van der Waals surface area contributed by atoms with E-state index in [2.05, 4.69) is 25.0 Å². The van der Waals surface area contributed by atoms with Crippen LogP contribution in [0, 0.1) is 0 Å². The number of amides is 2. The number of pyridine rings is 1. The second-order valence-corrected chi connectivity index (χ2v) is 12.3. The molecule has 3 aromatic rings. The van der Waals surface area contributed by atoms with Crippen LogP contribution < -0.4 is 85.8 Å². The summed E-state index contributed by atoms with van der Waals surface area (Å²) >= 11 is 4.78. The fourth-order valence-corrected chi connectivity index (χ4v) is 7.25. The van der Waals surface area contributed by atoms with Gasteiger partial charge in [0.25, 0.3) is 11.8 Å². The van der Waals surface area contributed by atoms with Crippen LogP contribution >= 0.6 is 46.4 Å². The number of oxime groups is 1. The third-order valence-electron chi connectivity index (χ3n) is 5.68. The van der Waals surface area contributed by atoms with E-state index in [1.54, 1.807) is 6.20 Å². The fraction of sp³-hybridized carbons (Fsp3) is 0.238. The Morgan fingerprint density at radius 1 is 1.33 bits per heavy atom. The molecule has 3 aromatic heterocycles. The third-order valence-corrected chi connectivity index (χ3v) is 9.61. The van der Waals surface area contributed by atoms with Crippen LogP contribution in [0.25, 0.3) is 0 Å². The number of nitrogen functional groups attached to an aromatic ring is 1. The second-order valence-electron chi connectivity index (χ2n) is 8.25. The molecular weight excluding hydrogens is 667 g/mol. The van der Waals surface area contributed by atoms with Crippen LogP contribution in [-0.2, 0) is 25.8 Å². The molecule has 2 aliphatic heterocycles. The van der Waals surface area contributed by atoms with Crippen LogP contribution in [0.2, 0.25) is 0 Å². The van der Waals surface area contributed by atoms with Crippen LogP contribution in [0.1, 0.15) is 11.4 Å². The van der Waals surface area contributed by atoms with Crippen LogP contribution in [0.15, 0.2) is 49.3 Å². The zero-order chi connectivity index (χ0) is 29.3. The average molecular weight is 683 g/mol. The molecule has 0 radical (unpaired) electrons. The summed E-state index contributed by atoms with van der Waals surface area (Å²) in [5.74, 6) is -3.41. The Balaban J connectivity index is 0.00000253. The topological polar surface area (TPSA) is 241 Å². The van der Waals surface area contributed by atoms with Gasteiger partial charge in [0.2, 0.25) is 0 Å². The van der Waals surface area contributed by atoms with Crippen molar-refractivity contribution in [3.63, 3.8) is 0 Å². The molecule has 0 spiro atoms. The first-order chi connectivity index (χ1) is 19.6. The van der Waals surface area contributed by atoms with Crippen molar-refractivity contribution >= 4 is 75.0 Å². The number of hydrogen-bond donors (Lipinski definition) is 3. The maximum absolute atomic E-state index is 13.2. The largest absolute Gasteiger partial charge is 1.00 e. The number of hydrogen-bond acceptors (Lipinski definition) is 17. The number of rotatable bonds is 10. The number of fused-ring (bicyclic) bond motifs is 1. The Hall–Kier alpha value is -2.14. The smallest absolute Gasteiger partial charge is 0.869 e. The van der Waals surface area contributed by atoms with E-state index in [0.29, 0.717) is 16.5 Å². The number of aromatic nitrogens is 4. The van der Waals surface area contributed by atoms with Crippen molar-refractivity contribution in [2.24, 2.45) is 5.16 Å². The number of thiazole rings is 1. The summed E-state index contributed by atoms with van der Waals surface area (Å²) in [6.45, 7) is -0.505. The number of β-lactam (4-membered cyclic amide) rings is 1. The summed E-state index contributed by atoms with van der Waals surface area (Å²) < 4.78 is 4.94. The number of aliphatic carboxylic acids is 1. The minimum absolute atomic E-state index is 0. The number of carbonyl (C=O) groups excluding carboxylic acids is 3. The average Bonchev–Trinajstić information content (AvgIpc) is 3.62. The van der Waals surface area contributed by atoms with Crippen molar-refractivity contribution in [1.29, 1.82) is 0 Å². The summed E-state index contributed by atoms with van der Waals surface area (Å²) in [5, 5.41) is 44.0. The van der Waals surface area contributed by atoms with Gasteiger partial charge < -0.3 is 36.1 Å². The monoisotopic (exact) mass is 682 g/mol. The Bertz CT molecular complexity index is 1650. The summed E-state index contributed by atoms with van der Waals surface area (Å²) in [6.07, 6.45) is 2.21. The molecule has 0 bridgehead atoms. The van der Waals surface area contributed by atoms with E-state index in [4.69, 9.17) is 10.6 Å². The van der Waals surface area contributed by atoms with Gasteiger partial charge in [-0.3, -0.25) is 19.3 Å². The van der Waals surface area contributed by atoms with E-state index in [-0.39, 0.29) is 98.5 Å². The predicted molar refractivity (Wildman–Crippen MR) is 143 cm³/mol. The van der Waals surface area contributed by atoms with Crippen molar-refractivity contribution in [2.45, 2.75) is 22.2 Å². The van der Waals surface area contributed by atoms with Gasteiger partial charge in [0.15, 0.2) is 22.9 Å². The SMILES string of the molecule is Nc1nc(C(=NOCc2cc(=O)c([O-])cn2O)C(=O)NC2C(=O)N3C(C(=O)[O-])=C(CSc4cnns4)CSC23)cs1.[Na+].[Na+]. The number of anilines is 1. The van der Waals surface area contributed by atoms with Gasteiger partial charge in [0.05, 0.1) is 17.9 Å². The van der Waals surface area contributed by atoms with Gasteiger partial charge in [0, 0.05) is 29.1 Å². The number of nitrogens with two attached hydrogens (primary N) is 1. The molecular formula is C21H16N8Na2O8S4. The molecule has 1 saturated heterocycles. The van der Waals surface area contributed by atoms with Crippen molar-refractivity contribution in [2.75, 3.05) is 17.2 Å². The minimum Gasteiger partial charge on any atom is -0.869 e. The zero-order valence-corrected chi connectivity index (χ0v) is 29.5. The predicted octanol–water partition coefficient (Wildman–Crippen LogP) is -7.83. The first-order valence-corrected chi connectivity index (χ1v) is 14.9. The molecule has 0 saturated carbocycles. The molecule has 4 N–H and O–H groups in total. The maximum atomic E-state index is 13.2. The number of thioether (sulfide) groups is 2. The normalized spacial score (nSPS) is 17.7. The van der Waals surface area contributed by atoms with E-state index >= 15 is 0 Å². The van der Waals surface area contributed by atoms with Crippen LogP contribution in [0.5, 0.6) is 5.75 Å². The molecule has 2 amide bonds. The molecule has 2 aliphatic rings. The van der Waals surface area contributed by atoms with Gasteiger partial charge in [-0.15, -0.1) is 40.0 Å². The summed E-state index contributed by atoms with van der Waals surface area (Å²) in [6, 6.07) is -0.237. The summed E-state index contributed by atoms with van der Waals surface area (Å²) in [7, 11) is 0. The van der Waals surface area contributed by atoms with E-state index in [1.165, 1.54) is 28.9 Å². The maximum Gasteiger partial charge on any atom is 1.00 e.